The van der Waals surface area contributed by atoms with Crippen LogP contribution in [0.25, 0.3) is 10.7 Å². The van der Waals surface area contributed by atoms with Gasteiger partial charge in [0, 0.05) is 35.0 Å². The molecule has 9 heteroatoms. The highest BCUT2D eigenvalue weighted by Crippen LogP contribution is 2.23. The number of hydrogen-bond donors (Lipinski definition) is 2. The van der Waals surface area contributed by atoms with Crippen LogP contribution in [0, 0.1) is 0 Å². The van der Waals surface area contributed by atoms with Crippen molar-refractivity contribution in [2.75, 3.05) is 23.4 Å². The average molecular weight is 325 g/mol. The van der Waals surface area contributed by atoms with Crippen molar-refractivity contribution in [1.29, 1.82) is 0 Å². The van der Waals surface area contributed by atoms with Crippen molar-refractivity contribution in [1.82, 2.24) is 20.5 Å². The SMILES string of the molecule is CC[S@@](=O)CCNC(=O)Nc1nnc(-c2ccccn2)s1. The predicted octanol–water partition coefficient (Wildman–Crippen LogP) is 1.49. The Kier molecular flexibility index (Phi) is 5.76. The summed E-state index contributed by atoms with van der Waals surface area (Å²) in [7, 11) is -0.887. The fraction of sp³-hybridized carbons (Fsp3) is 0.333. The highest BCUT2D eigenvalue weighted by molar-refractivity contribution is 7.84. The molecule has 0 bridgehead atoms. The summed E-state index contributed by atoms with van der Waals surface area (Å²) in [6.45, 7) is 2.20. The van der Waals surface area contributed by atoms with Crippen molar-refractivity contribution in [2.24, 2.45) is 0 Å². The van der Waals surface area contributed by atoms with Crippen molar-refractivity contribution >= 4 is 33.3 Å². The van der Waals surface area contributed by atoms with Gasteiger partial charge in [0.2, 0.25) is 5.13 Å². The van der Waals surface area contributed by atoms with Crippen LogP contribution in [0.4, 0.5) is 9.93 Å². The van der Waals surface area contributed by atoms with Gasteiger partial charge in [-0.3, -0.25) is 14.5 Å². The van der Waals surface area contributed by atoms with Crippen molar-refractivity contribution in [2.45, 2.75) is 6.92 Å². The van der Waals surface area contributed by atoms with Crippen molar-refractivity contribution in [3.05, 3.63) is 24.4 Å². The van der Waals surface area contributed by atoms with Crippen LogP contribution in [0.15, 0.2) is 24.4 Å². The summed E-state index contributed by atoms with van der Waals surface area (Å²) in [5, 5.41) is 14.1. The smallest absolute Gasteiger partial charge is 0.321 e. The van der Waals surface area contributed by atoms with Crippen LogP contribution in [0.3, 0.4) is 0 Å². The lowest BCUT2D eigenvalue weighted by Crippen LogP contribution is -2.32. The van der Waals surface area contributed by atoms with E-state index >= 15 is 0 Å². The molecule has 0 fully saturated rings. The van der Waals surface area contributed by atoms with E-state index in [1.54, 1.807) is 6.20 Å². The molecule has 2 N–H and O–H groups in total. The van der Waals surface area contributed by atoms with E-state index in [0.29, 0.717) is 33.9 Å². The molecule has 2 heterocycles. The summed E-state index contributed by atoms with van der Waals surface area (Å²) in [6.07, 6.45) is 1.67. The monoisotopic (exact) mass is 325 g/mol. The maximum atomic E-state index is 11.6. The zero-order chi connectivity index (χ0) is 15.1. The van der Waals surface area contributed by atoms with Gasteiger partial charge in [0.1, 0.15) is 5.69 Å². The van der Waals surface area contributed by atoms with Gasteiger partial charge < -0.3 is 5.32 Å². The number of nitrogens with zero attached hydrogens (tertiary/aromatic N) is 3. The molecule has 0 radical (unpaired) electrons. The van der Waals surface area contributed by atoms with Crippen LogP contribution in [0.2, 0.25) is 0 Å². The number of amides is 2. The van der Waals surface area contributed by atoms with E-state index in [-0.39, 0.29) is 6.03 Å². The Morgan fingerprint density at radius 3 is 2.95 bits per heavy atom. The van der Waals surface area contributed by atoms with Gasteiger partial charge in [0.15, 0.2) is 5.01 Å². The highest BCUT2D eigenvalue weighted by atomic mass is 32.2. The maximum Gasteiger partial charge on any atom is 0.321 e. The summed E-state index contributed by atoms with van der Waals surface area (Å²) >= 11 is 1.24. The number of carbonyl (C=O) groups is 1. The van der Waals surface area contributed by atoms with Crippen LogP contribution >= 0.6 is 11.3 Å². The minimum Gasteiger partial charge on any atom is -0.337 e. The fourth-order valence-electron chi connectivity index (χ4n) is 1.43. The molecule has 0 aliphatic rings. The van der Waals surface area contributed by atoms with Gasteiger partial charge in [-0.1, -0.05) is 24.3 Å². The van der Waals surface area contributed by atoms with Crippen LogP contribution < -0.4 is 10.6 Å². The number of carbonyl (C=O) groups excluding carboxylic acids is 1. The fourth-order valence-corrected chi connectivity index (χ4v) is 2.76. The molecule has 7 nitrogen and oxygen atoms in total. The third-order valence-electron chi connectivity index (χ3n) is 2.47. The molecule has 0 unspecified atom stereocenters. The van der Waals surface area contributed by atoms with E-state index in [0.717, 1.165) is 0 Å². The van der Waals surface area contributed by atoms with E-state index < -0.39 is 10.8 Å². The molecular formula is C12H15N5O2S2. The lowest BCUT2D eigenvalue weighted by atomic mass is 10.4. The van der Waals surface area contributed by atoms with Gasteiger partial charge in [-0.15, -0.1) is 10.2 Å². The minimum absolute atomic E-state index is 0.359. The van der Waals surface area contributed by atoms with Crippen LogP contribution in [-0.4, -0.2) is 43.5 Å². The first-order valence-electron chi connectivity index (χ1n) is 6.33. The van der Waals surface area contributed by atoms with Gasteiger partial charge in [-0.25, -0.2) is 4.79 Å². The van der Waals surface area contributed by atoms with E-state index in [9.17, 15) is 9.00 Å². The second-order valence-corrected chi connectivity index (χ2v) is 6.78. The number of hydrogen-bond acceptors (Lipinski definition) is 6. The van der Waals surface area contributed by atoms with Gasteiger partial charge in [0.25, 0.3) is 0 Å². The number of nitrogens with one attached hydrogen (secondary N) is 2. The first kappa shape index (κ1) is 15.5. The predicted molar refractivity (Wildman–Crippen MR) is 83.7 cm³/mol. The summed E-state index contributed by atoms with van der Waals surface area (Å²) < 4.78 is 11.2. The molecule has 21 heavy (non-hydrogen) atoms. The Morgan fingerprint density at radius 2 is 2.24 bits per heavy atom. The van der Waals surface area contributed by atoms with E-state index in [4.69, 9.17) is 0 Å². The maximum absolute atomic E-state index is 11.6. The number of rotatable bonds is 6. The molecule has 0 saturated heterocycles. The van der Waals surface area contributed by atoms with E-state index in [1.807, 2.05) is 25.1 Å². The Bertz CT molecular complexity index is 617. The summed E-state index contributed by atoms with van der Waals surface area (Å²) in [4.78, 5) is 15.8. The zero-order valence-electron chi connectivity index (χ0n) is 11.4. The van der Waals surface area contributed by atoms with Crippen LogP contribution in [0.5, 0.6) is 0 Å². The Morgan fingerprint density at radius 1 is 1.38 bits per heavy atom. The molecule has 2 aromatic rings. The second kappa shape index (κ2) is 7.79. The van der Waals surface area contributed by atoms with Crippen molar-refractivity contribution in [3.63, 3.8) is 0 Å². The molecule has 1 atom stereocenters. The molecule has 0 aliphatic carbocycles. The molecular weight excluding hydrogens is 310 g/mol. The van der Waals surface area contributed by atoms with Gasteiger partial charge >= 0.3 is 6.03 Å². The summed E-state index contributed by atoms with van der Waals surface area (Å²) in [5.74, 6) is 1.03. The van der Waals surface area contributed by atoms with Crippen LogP contribution in [-0.2, 0) is 10.8 Å². The van der Waals surface area contributed by atoms with E-state index in [2.05, 4.69) is 25.8 Å². The van der Waals surface area contributed by atoms with Gasteiger partial charge in [-0.2, -0.15) is 0 Å². The third kappa shape index (κ3) is 4.87. The Balaban J connectivity index is 1.85. The second-order valence-electron chi connectivity index (χ2n) is 3.94. The standard InChI is InChI=1S/C12H15N5O2S2/c1-2-21(19)8-7-14-11(18)15-12-17-16-10(20-12)9-5-3-4-6-13-9/h3-6H,2,7-8H2,1H3,(H2,14,15,17,18)/t21-/m1/s1. The largest absolute Gasteiger partial charge is 0.337 e. The van der Waals surface area contributed by atoms with Gasteiger partial charge in [-0.05, 0) is 12.1 Å². The van der Waals surface area contributed by atoms with E-state index in [1.165, 1.54) is 11.3 Å². The molecule has 0 aliphatic heterocycles. The molecule has 0 spiro atoms. The van der Waals surface area contributed by atoms with Crippen molar-refractivity contribution in [3.8, 4) is 10.7 Å². The normalized spacial score (nSPS) is 11.9. The lowest BCUT2D eigenvalue weighted by molar-refractivity contribution is 0.252. The Hall–Kier alpha value is -1.87. The number of pyridine rings is 1. The molecule has 2 rings (SSSR count). The highest BCUT2D eigenvalue weighted by Gasteiger charge is 2.10. The zero-order valence-corrected chi connectivity index (χ0v) is 13.0. The topological polar surface area (TPSA) is 96.9 Å². The Labute approximate surface area is 128 Å². The lowest BCUT2D eigenvalue weighted by Gasteiger charge is -2.03. The molecule has 0 saturated carbocycles. The molecule has 2 aromatic heterocycles. The summed E-state index contributed by atoms with van der Waals surface area (Å²) in [5.41, 5.74) is 0.710. The number of anilines is 1. The quantitative estimate of drug-likeness (QED) is 0.838. The number of urea groups is 1. The molecule has 112 valence electrons. The summed E-state index contributed by atoms with van der Waals surface area (Å²) in [6, 6.07) is 5.12. The molecule has 0 aromatic carbocycles. The average Bonchev–Trinajstić information content (AvgIpc) is 2.96. The molecule has 2 amide bonds. The first-order valence-corrected chi connectivity index (χ1v) is 8.64. The van der Waals surface area contributed by atoms with Crippen LogP contribution in [0.1, 0.15) is 6.92 Å². The third-order valence-corrected chi connectivity index (χ3v) is 4.63. The number of aromatic nitrogens is 3. The minimum atomic E-state index is -0.887. The van der Waals surface area contributed by atoms with Gasteiger partial charge in [0.05, 0.1) is 0 Å². The van der Waals surface area contributed by atoms with Crippen molar-refractivity contribution < 1.29 is 9.00 Å². The first-order chi connectivity index (χ1) is 10.2.